The molecule has 1 saturated heterocycles. The number of aliphatic carboxylic acids is 1. The van der Waals surface area contributed by atoms with Crippen LogP contribution in [0, 0.1) is 19.3 Å². The van der Waals surface area contributed by atoms with Crippen molar-refractivity contribution in [3.63, 3.8) is 0 Å². The van der Waals surface area contributed by atoms with Gasteiger partial charge in [-0.15, -0.1) is 0 Å². The average molecular weight is 321 g/mol. The molecule has 1 aliphatic rings. The monoisotopic (exact) mass is 321 g/mol. The summed E-state index contributed by atoms with van der Waals surface area (Å²) in [6.45, 7) is 4.64. The van der Waals surface area contributed by atoms with E-state index < -0.39 is 11.4 Å². The van der Waals surface area contributed by atoms with Gasteiger partial charge >= 0.3 is 5.97 Å². The minimum Gasteiger partial charge on any atom is -0.483 e. The number of carboxylic acids is 1. The van der Waals surface area contributed by atoms with Gasteiger partial charge in [0.25, 0.3) is 5.91 Å². The highest BCUT2D eigenvalue weighted by atomic mass is 16.5. The van der Waals surface area contributed by atoms with Gasteiger partial charge in [-0.2, -0.15) is 0 Å². The molecule has 1 aromatic carbocycles. The Bertz CT molecular complexity index is 578. The molecule has 0 atom stereocenters. The number of amides is 1. The largest absolute Gasteiger partial charge is 0.483 e. The van der Waals surface area contributed by atoms with Gasteiger partial charge in [-0.05, 0) is 43.9 Å². The molecule has 1 amide bonds. The highest BCUT2D eigenvalue weighted by molar-refractivity contribution is 5.80. The quantitative estimate of drug-likeness (QED) is 0.833. The Morgan fingerprint density at radius 3 is 2.65 bits per heavy atom. The zero-order chi connectivity index (χ0) is 16.9. The molecule has 0 aliphatic carbocycles. The summed E-state index contributed by atoms with van der Waals surface area (Å²) in [5.41, 5.74) is 1.07. The van der Waals surface area contributed by atoms with Crippen LogP contribution in [0.4, 0.5) is 0 Å². The Labute approximate surface area is 135 Å². The lowest BCUT2D eigenvalue weighted by atomic mass is 9.80. The summed E-state index contributed by atoms with van der Waals surface area (Å²) in [6.07, 6.45) is 0.806. The van der Waals surface area contributed by atoms with Crippen molar-refractivity contribution in [1.82, 2.24) is 5.32 Å². The lowest BCUT2D eigenvalue weighted by molar-refractivity contribution is -0.154. The Morgan fingerprint density at radius 2 is 2.00 bits per heavy atom. The summed E-state index contributed by atoms with van der Waals surface area (Å²) >= 11 is 0. The van der Waals surface area contributed by atoms with Gasteiger partial charge in [0, 0.05) is 19.8 Å². The number of ether oxygens (including phenoxy) is 2. The van der Waals surface area contributed by atoms with Crippen molar-refractivity contribution in [2.75, 3.05) is 26.4 Å². The topological polar surface area (TPSA) is 84.9 Å². The van der Waals surface area contributed by atoms with E-state index in [1.54, 1.807) is 0 Å². The van der Waals surface area contributed by atoms with Crippen LogP contribution in [0.25, 0.3) is 0 Å². The first-order chi connectivity index (χ1) is 10.9. The van der Waals surface area contributed by atoms with Crippen molar-refractivity contribution in [2.24, 2.45) is 5.41 Å². The maximum Gasteiger partial charge on any atom is 0.311 e. The number of carbonyl (C=O) groups is 2. The molecule has 0 bridgehead atoms. The molecule has 0 radical (unpaired) electrons. The Balaban J connectivity index is 1.87. The van der Waals surface area contributed by atoms with Crippen LogP contribution in [0.3, 0.4) is 0 Å². The molecule has 0 spiro atoms. The third-order valence-corrected chi connectivity index (χ3v) is 4.23. The molecule has 1 fully saturated rings. The molecule has 1 aliphatic heterocycles. The van der Waals surface area contributed by atoms with Crippen LogP contribution in [0.2, 0.25) is 0 Å². The fourth-order valence-corrected chi connectivity index (χ4v) is 2.55. The summed E-state index contributed by atoms with van der Waals surface area (Å²) in [7, 11) is 0. The van der Waals surface area contributed by atoms with Gasteiger partial charge < -0.3 is 19.9 Å². The first kappa shape index (κ1) is 17.3. The van der Waals surface area contributed by atoms with E-state index in [0.29, 0.717) is 31.8 Å². The van der Waals surface area contributed by atoms with Gasteiger partial charge in [-0.25, -0.2) is 0 Å². The SMILES string of the molecule is Cc1ccc(C)c(OCC(=O)NCC2(C(=O)O)CCOCC2)c1. The van der Waals surface area contributed by atoms with E-state index in [-0.39, 0.29) is 19.1 Å². The standard InChI is InChI=1S/C17H23NO5/c1-12-3-4-13(2)14(9-12)23-10-15(19)18-11-17(16(20)21)5-7-22-8-6-17/h3-4,9H,5-8,10-11H2,1-2H3,(H,18,19)(H,20,21). The zero-order valence-electron chi connectivity index (χ0n) is 13.6. The molecule has 23 heavy (non-hydrogen) atoms. The number of hydrogen-bond donors (Lipinski definition) is 2. The number of hydrogen-bond acceptors (Lipinski definition) is 4. The van der Waals surface area contributed by atoms with Crippen LogP contribution in [0.1, 0.15) is 24.0 Å². The number of carbonyl (C=O) groups excluding carboxylic acids is 1. The second kappa shape index (κ2) is 7.46. The number of aryl methyl sites for hydroxylation is 2. The summed E-state index contributed by atoms with van der Waals surface area (Å²) in [5.74, 6) is -0.547. The molecule has 0 saturated carbocycles. The molecule has 1 heterocycles. The van der Waals surface area contributed by atoms with E-state index in [2.05, 4.69) is 5.32 Å². The normalized spacial score (nSPS) is 16.6. The second-order valence-electron chi connectivity index (χ2n) is 6.03. The number of rotatable bonds is 6. The van der Waals surface area contributed by atoms with Crippen molar-refractivity contribution in [3.8, 4) is 5.75 Å². The van der Waals surface area contributed by atoms with Gasteiger partial charge in [-0.1, -0.05) is 12.1 Å². The van der Waals surface area contributed by atoms with Crippen LogP contribution < -0.4 is 10.1 Å². The first-order valence-corrected chi connectivity index (χ1v) is 7.71. The Morgan fingerprint density at radius 1 is 1.30 bits per heavy atom. The van der Waals surface area contributed by atoms with Crippen LogP contribution in [-0.2, 0) is 14.3 Å². The smallest absolute Gasteiger partial charge is 0.311 e. The number of benzene rings is 1. The third kappa shape index (κ3) is 4.45. The summed E-state index contributed by atoms with van der Waals surface area (Å²) in [5, 5.41) is 12.1. The number of nitrogens with one attached hydrogen (secondary N) is 1. The lowest BCUT2D eigenvalue weighted by Crippen LogP contribution is -2.47. The van der Waals surface area contributed by atoms with Crippen LogP contribution in [0.15, 0.2) is 18.2 Å². The van der Waals surface area contributed by atoms with Crippen LogP contribution >= 0.6 is 0 Å². The second-order valence-corrected chi connectivity index (χ2v) is 6.03. The Hall–Kier alpha value is -2.08. The van der Waals surface area contributed by atoms with E-state index in [1.807, 2.05) is 32.0 Å². The first-order valence-electron chi connectivity index (χ1n) is 7.71. The summed E-state index contributed by atoms with van der Waals surface area (Å²) in [6, 6.07) is 5.79. The Kier molecular flexibility index (Phi) is 5.60. The zero-order valence-corrected chi connectivity index (χ0v) is 13.6. The molecule has 0 unspecified atom stereocenters. The molecule has 6 nitrogen and oxygen atoms in total. The number of carboxylic acid groups (broad SMARTS) is 1. The van der Waals surface area contributed by atoms with Crippen molar-refractivity contribution in [1.29, 1.82) is 0 Å². The lowest BCUT2D eigenvalue weighted by Gasteiger charge is -2.33. The summed E-state index contributed by atoms with van der Waals surface area (Å²) < 4.78 is 10.7. The van der Waals surface area contributed by atoms with Gasteiger partial charge in [0.2, 0.25) is 0 Å². The maximum absolute atomic E-state index is 12.0. The van der Waals surface area contributed by atoms with E-state index >= 15 is 0 Å². The van der Waals surface area contributed by atoms with E-state index in [4.69, 9.17) is 9.47 Å². The highest BCUT2D eigenvalue weighted by Crippen LogP contribution is 2.30. The maximum atomic E-state index is 12.0. The minimum absolute atomic E-state index is 0.0979. The highest BCUT2D eigenvalue weighted by Gasteiger charge is 2.40. The average Bonchev–Trinajstić information content (AvgIpc) is 2.54. The van der Waals surface area contributed by atoms with E-state index in [1.165, 1.54) is 0 Å². The summed E-state index contributed by atoms with van der Waals surface area (Å²) in [4.78, 5) is 23.5. The van der Waals surface area contributed by atoms with E-state index in [0.717, 1.165) is 11.1 Å². The molecular formula is C17H23NO5. The molecule has 6 heteroatoms. The molecule has 126 valence electrons. The molecule has 1 aromatic rings. The third-order valence-electron chi connectivity index (χ3n) is 4.23. The van der Waals surface area contributed by atoms with Gasteiger partial charge in [0.15, 0.2) is 6.61 Å². The van der Waals surface area contributed by atoms with Gasteiger partial charge in [0.1, 0.15) is 5.75 Å². The fraction of sp³-hybridized carbons (Fsp3) is 0.529. The van der Waals surface area contributed by atoms with E-state index in [9.17, 15) is 14.7 Å². The van der Waals surface area contributed by atoms with Crippen molar-refractivity contribution in [2.45, 2.75) is 26.7 Å². The fourth-order valence-electron chi connectivity index (χ4n) is 2.55. The predicted molar refractivity (Wildman–Crippen MR) is 84.5 cm³/mol. The van der Waals surface area contributed by atoms with Gasteiger partial charge in [-0.3, -0.25) is 9.59 Å². The minimum atomic E-state index is -0.937. The van der Waals surface area contributed by atoms with Crippen molar-refractivity contribution < 1.29 is 24.2 Å². The molecular weight excluding hydrogens is 298 g/mol. The molecule has 2 rings (SSSR count). The van der Waals surface area contributed by atoms with Crippen LogP contribution in [-0.4, -0.2) is 43.3 Å². The van der Waals surface area contributed by atoms with Crippen molar-refractivity contribution in [3.05, 3.63) is 29.3 Å². The predicted octanol–water partition coefficient (Wildman–Crippen LogP) is 1.68. The molecule has 2 N–H and O–H groups in total. The molecule has 0 aromatic heterocycles. The van der Waals surface area contributed by atoms with Crippen LogP contribution in [0.5, 0.6) is 5.75 Å². The van der Waals surface area contributed by atoms with Gasteiger partial charge in [0.05, 0.1) is 5.41 Å². The van der Waals surface area contributed by atoms with Crippen molar-refractivity contribution >= 4 is 11.9 Å².